The van der Waals surface area contributed by atoms with Crippen molar-refractivity contribution < 1.29 is 4.79 Å². The first-order valence-electron chi connectivity index (χ1n) is 7.31. The van der Waals surface area contributed by atoms with Crippen molar-refractivity contribution in [3.63, 3.8) is 0 Å². The second-order valence-corrected chi connectivity index (χ2v) is 7.19. The summed E-state index contributed by atoms with van der Waals surface area (Å²) in [4.78, 5) is 12.1. The summed E-state index contributed by atoms with van der Waals surface area (Å²) in [7, 11) is 0. The van der Waals surface area contributed by atoms with Gasteiger partial charge in [0.1, 0.15) is 0 Å². The minimum Gasteiger partial charge on any atom is -0.352 e. The fourth-order valence-electron chi connectivity index (χ4n) is 2.44. The molecule has 2 nitrogen and oxygen atoms in total. The summed E-state index contributed by atoms with van der Waals surface area (Å²) >= 11 is 7.54. The molecular weight excluding hydrogens is 290 g/mol. The van der Waals surface area contributed by atoms with Gasteiger partial charge in [0.2, 0.25) is 5.91 Å². The van der Waals surface area contributed by atoms with E-state index in [2.05, 4.69) is 5.32 Å². The lowest BCUT2D eigenvalue weighted by Crippen LogP contribution is -2.40. The first-order valence-corrected chi connectivity index (χ1v) is 8.74. The third kappa shape index (κ3) is 5.02. The van der Waals surface area contributed by atoms with Crippen LogP contribution in [0.15, 0.2) is 24.3 Å². The highest BCUT2D eigenvalue weighted by Crippen LogP contribution is 2.21. The lowest BCUT2D eigenvalue weighted by atomic mass is 9.95. The number of thioether (sulfide) groups is 1. The quantitative estimate of drug-likeness (QED) is 0.872. The maximum Gasteiger partial charge on any atom is 0.233 e. The maximum absolute atomic E-state index is 12.1. The fraction of sp³-hybridized carbons (Fsp3) is 0.562. The van der Waals surface area contributed by atoms with E-state index in [-0.39, 0.29) is 11.2 Å². The van der Waals surface area contributed by atoms with Crippen molar-refractivity contribution in [1.82, 2.24) is 5.32 Å². The Morgan fingerprint density at radius 1 is 1.30 bits per heavy atom. The van der Waals surface area contributed by atoms with Crippen LogP contribution in [0.4, 0.5) is 0 Å². The molecule has 110 valence electrons. The first-order chi connectivity index (χ1) is 9.65. The highest BCUT2D eigenvalue weighted by Gasteiger charge is 2.19. The standard InChI is InChI=1S/C16H22ClNOS/c1-12(16(19)18-15-5-3-2-4-6-15)20-11-13-7-9-14(17)10-8-13/h7-10,12,15H,2-6,11H2,1H3,(H,18,19). The largest absolute Gasteiger partial charge is 0.352 e. The Balaban J connectivity index is 1.74. The molecular formula is C16H22ClNOS. The zero-order chi connectivity index (χ0) is 14.4. The molecule has 1 aromatic carbocycles. The topological polar surface area (TPSA) is 29.1 Å². The molecule has 1 atom stereocenters. The van der Waals surface area contributed by atoms with E-state index >= 15 is 0 Å². The van der Waals surface area contributed by atoms with Crippen molar-refractivity contribution in [3.8, 4) is 0 Å². The van der Waals surface area contributed by atoms with Gasteiger partial charge < -0.3 is 5.32 Å². The predicted octanol–water partition coefficient (Wildman–Crippen LogP) is 4.41. The number of benzene rings is 1. The predicted molar refractivity (Wildman–Crippen MR) is 87.2 cm³/mol. The zero-order valence-corrected chi connectivity index (χ0v) is 13.5. The summed E-state index contributed by atoms with van der Waals surface area (Å²) in [5.41, 5.74) is 1.21. The minimum atomic E-state index is -0.00685. The number of amides is 1. The molecule has 2 rings (SSSR count). The normalized spacial score (nSPS) is 17.7. The molecule has 1 N–H and O–H groups in total. The lowest BCUT2D eigenvalue weighted by Gasteiger charge is -2.24. The number of carbonyl (C=O) groups excluding carboxylic acids is 1. The zero-order valence-electron chi connectivity index (χ0n) is 11.9. The van der Waals surface area contributed by atoms with E-state index in [4.69, 9.17) is 11.6 Å². The molecule has 0 bridgehead atoms. The molecule has 1 aliphatic rings. The van der Waals surface area contributed by atoms with Crippen LogP contribution in [-0.2, 0) is 10.5 Å². The van der Waals surface area contributed by atoms with E-state index in [1.165, 1.54) is 24.8 Å². The van der Waals surface area contributed by atoms with Crippen LogP contribution in [0.25, 0.3) is 0 Å². The van der Waals surface area contributed by atoms with Crippen LogP contribution in [0.5, 0.6) is 0 Å². The van der Waals surface area contributed by atoms with Crippen molar-refractivity contribution in [2.24, 2.45) is 0 Å². The van der Waals surface area contributed by atoms with Crippen LogP contribution >= 0.6 is 23.4 Å². The molecule has 0 heterocycles. The van der Waals surface area contributed by atoms with Gasteiger partial charge in [-0.1, -0.05) is 43.0 Å². The summed E-state index contributed by atoms with van der Waals surface area (Å²) in [6.45, 7) is 1.98. The number of rotatable bonds is 5. The van der Waals surface area contributed by atoms with Crippen molar-refractivity contribution in [3.05, 3.63) is 34.9 Å². The van der Waals surface area contributed by atoms with Crippen LogP contribution in [-0.4, -0.2) is 17.2 Å². The van der Waals surface area contributed by atoms with Crippen LogP contribution < -0.4 is 5.32 Å². The van der Waals surface area contributed by atoms with Crippen LogP contribution in [0.2, 0.25) is 5.02 Å². The smallest absolute Gasteiger partial charge is 0.233 e. The van der Waals surface area contributed by atoms with Crippen molar-refractivity contribution >= 4 is 29.3 Å². The van der Waals surface area contributed by atoms with E-state index in [1.807, 2.05) is 31.2 Å². The summed E-state index contributed by atoms with van der Waals surface area (Å²) < 4.78 is 0. The van der Waals surface area contributed by atoms with Gasteiger partial charge in [0.25, 0.3) is 0 Å². The highest BCUT2D eigenvalue weighted by atomic mass is 35.5. The van der Waals surface area contributed by atoms with Gasteiger partial charge in [0.05, 0.1) is 5.25 Å². The summed E-state index contributed by atoms with van der Waals surface area (Å²) in [5.74, 6) is 1.02. The Morgan fingerprint density at radius 2 is 1.95 bits per heavy atom. The summed E-state index contributed by atoms with van der Waals surface area (Å²) in [6, 6.07) is 8.21. The SMILES string of the molecule is CC(SCc1ccc(Cl)cc1)C(=O)NC1CCCCC1. The van der Waals surface area contributed by atoms with Gasteiger partial charge in [0.15, 0.2) is 0 Å². The monoisotopic (exact) mass is 311 g/mol. The Labute approximate surface area is 130 Å². The van der Waals surface area contributed by atoms with Gasteiger partial charge in [-0.05, 0) is 37.5 Å². The number of nitrogens with one attached hydrogen (secondary N) is 1. The van der Waals surface area contributed by atoms with Gasteiger partial charge in [-0.2, -0.15) is 0 Å². The molecule has 0 aromatic heterocycles. The number of halogens is 1. The third-order valence-electron chi connectivity index (χ3n) is 3.73. The molecule has 0 aliphatic heterocycles. The molecule has 1 saturated carbocycles. The van der Waals surface area contributed by atoms with Crippen molar-refractivity contribution in [2.45, 2.75) is 56.1 Å². The number of hydrogen-bond donors (Lipinski definition) is 1. The average Bonchev–Trinajstić information content (AvgIpc) is 2.47. The van der Waals surface area contributed by atoms with Crippen molar-refractivity contribution in [2.75, 3.05) is 0 Å². The molecule has 1 fully saturated rings. The molecule has 20 heavy (non-hydrogen) atoms. The number of hydrogen-bond acceptors (Lipinski definition) is 2. The molecule has 0 radical (unpaired) electrons. The maximum atomic E-state index is 12.1. The molecule has 0 saturated heterocycles. The fourth-order valence-corrected chi connectivity index (χ4v) is 3.42. The second kappa shape index (κ2) is 7.94. The summed E-state index contributed by atoms with van der Waals surface area (Å²) in [5, 5.41) is 3.93. The Kier molecular flexibility index (Phi) is 6.24. The van der Waals surface area contributed by atoms with Gasteiger partial charge in [-0.15, -0.1) is 11.8 Å². The van der Waals surface area contributed by atoms with Crippen LogP contribution in [0.1, 0.15) is 44.6 Å². The molecule has 1 aromatic rings. The van der Waals surface area contributed by atoms with E-state index in [9.17, 15) is 4.79 Å². The summed E-state index contributed by atoms with van der Waals surface area (Å²) in [6.07, 6.45) is 6.09. The van der Waals surface area contributed by atoms with Crippen molar-refractivity contribution in [1.29, 1.82) is 0 Å². The minimum absolute atomic E-state index is 0.00685. The molecule has 1 aliphatic carbocycles. The number of carbonyl (C=O) groups is 1. The lowest BCUT2D eigenvalue weighted by molar-refractivity contribution is -0.121. The van der Waals surface area contributed by atoms with E-state index in [0.29, 0.717) is 6.04 Å². The van der Waals surface area contributed by atoms with Crippen LogP contribution in [0.3, 0.4) is 0 Å². The molecule has 1 unspecified atom stereocenters. The van der Waals surface area contributed by atoms with Gasteiger partial charge in [-0.25, -0.2) is 0 Å². The van der Waals surface area contributed by atoms with E-state index in [1.54, 1.807) is 11.8 Å². The van der Waals surface area contributed by atoms with Gasteiger partial charge in [-0.3, -0.25) is 4.79 Å². The Bertz CT molecular complexity index is 429. The molecule has 1 amide bonds. The van der Waals surface area contributed by atoms with Gasteiger partial charge >= 0.3 is 0 Å². The van der Waals surface area contributed by atoms with Gasteiger partial charge in [0, 0.05) is 16.8 Å². The highest BCUT2D eigenvalue weighted by molar-refractivity contribution is 7.99. The van der Waals surface area contributed by atoms with Crippen LogP contribution in [0, 0.1) is 0 Å². The third-order valence-corrected chi connectivity index (χ3v) is 5.20. The van der Waals surface area contributed by atoms with E-state index in [0.717, 1.165) is 23.6 Å². The molecule has 0 spiro atoms. The van der Waals surface area contributed by atoms with E-state index < -0.39 is 0 Å². The Morgan fingerprint density at radius 3 is 2.60 bits per heavy atom. The second-order valence-electron chi connectivity index (χ2n) is 5.42. The molecule has 4 heteroatoms. The first kappa shape index (κ1) is 15.7. The Hall–Kier alpha value is -0.670. The average molecular weight is 312 g/mol.